The zero-order valence-corrected chi connectivity index (χ0v) is 22.2. The van der Waals surface area contributed by atoms with Gasteiger partial charge in [-0.2, -0.15) is 5.06 Å². The number of hydroxylamine groups is 2. The Morgan fingerprint density at radius 3 is 2.36 bits per heavy atom. The molecule has 1 amide bonds. The Balaban J connectivity index is 1.23. The fourth-order valence-corrected chi connectivity index (χ4v) is 5.15. The van der Waals surface area contributed by atoms with Crippen molar-refractivity contribution in [2.75, 3.05) is 19.8 Å². The van der Waals surface area contributed by atoms with Crippen LogP contribution in [0.15, 0.2) is 79.0 Å². The fourth-order valence-electron chi connectivity index (χ4n) is 5.03. The topological polar surface area (TPSA) is 97.8 Å². The number of aromatic amines is 1. The van der Waals surface area contributed by atoms with E-state index in [1.54, 1.807) is 5.06 Å². The zero-order valence-electron chi connectivity index (χ0n) is 21.5. The van der Waals surface area contributed by atoms with Crippen LogP contribution in [0.2, 0.25) is 5.02 Å². The molecule has 1 saturated heterocycles. The highest BCUT2D eigenvalue weighted by molar-refractivity contribution is 6.30. The van der Waals surface area contributed by atoms with Gasteiger partial charge in [0.1, 0.15) is 12.1 Å². The zero-order chi connectivity index (χ0) is 27.2. The molecule has 0 radical (unpaired) electrons. The molecule has 5 rings (SSSR count). The van der Waals surface area contributed by atoms with Crippen molar-refractivity contribution < 1.29 is 19.8 Å². The largest absolute Gasteiger partial charge is 0.396 e. The molecule has 7 nitrogen and oxygen atoms in total. The predicted molar refractivity (Wildman–Crippen MR) is 154 cm³/mol. The van der Waals surface area contributed by atoms with E-state index in [0.29, 0.717) is 24.5 Å². The van der Waals surface area contributed by atoms with Crippen molar-refractivity contribution in [2.24, 2.45) is 5.92 Å². The molecule has 1 unspecified atom stereocenters. The van der Waals surface area contributed by atoms with Crippen molar-refractivity contribution in [1.82, 2.24) is 15.4 Å². The van der Waals surface area contributed by atoms with E-state index < -0.39 is 18.1 Å². The number of fused-ring (bicyclic) bond motifs is 1. The number of nitrogens with one attached hydrogen (secondary N) is 2. The van der Waals surface area contributed by atoms with Crippen molar-refractivity contribution in [1.29, 1.82) is 0 Å². The standard InChI is InChI=1S/C31H32ClN3O4/c32-25-13-11-22(12-14-25)6-5-21-7-9-23(10-8-21)18-35-30(27(19-36)29(20-37)39-35)31(38)33-16-15-24-17-34-28-4-2-1-3-26(24)28/h1-14,17,27,29-30,34,36-37H,15-16,18-20H2,(H,33,38)/b6-5+/t27-,29?,30+/m1/s1. The fraction of sp³-hybridized carbons (Fsp3) is 0.258. The third-order valence-corrected chi connectivity index (χ3v) is 7.40. The summed E-state index contributed by atoms with van der Waals surface area (Å²) < 4.78 is 0. The Morgan fingerprint density at radius 2 is 1.67 bits per heavy atom. The summed E-state index contributed by atoms with van der Waals surface area (Å²) >= 11 is 5.96. The second-order valence-corrected chi connectivity index (χ2v) is 10.2. The molecule has 4 N–H and O–H groups in total. The van der Waals surface area contributed by atoms with Gasteiger partial charge in [-0.25, -0.2) is 0 Å². The van der Waals surface area contributed by atoms with Gasteiger partial charge in [-0.1, -0.05) is 78.4 Å². The molecule has 1 aliphatic heterocycles. The van der Waals surface area contributed by atoms with Crippen LogP contribution in [0.25, 0.3) is 23.1 Å². The van der Waals surface area contributed by atoms with Crippen molar-refractivity contribution in [3.05, 3.63) is 106 Å². The summed E-state index contributed by atoms with van der Waals surface area (Å²) in [5, 5.41) is 26.3. The quantitative estimate of drug-likeness (QED) is 0.221. The monoisotopic (exact) mass is 545 g/mol. The van der Waals surface area contributed by atoms with Crippen LogP contribution in [0.1, 0.15) is 22.3 Å². The van der Waals surface area contributed by atoms with E-state index in [1.165, 1.54) is 0 Å². The number of aliphatic hydroxyl groups is 2. The van der Waals surface area contributed by atoms with Crippen molar-refractivity contribution in [3.63, 3.8) is 0 Å². The molecule has 3 aromatic carbocycles. The number of aromatic nitrogens is 1. The SMILES string of the molecule is O=C(NCCc1c[nH]c2ccccc12)[C@@H]1[C@H](CO)C(CO)ON1Cc1ccc(/C=C/c2ccc(Cl)cc2)cc1. The lowest BCUT2D eigenvalue weighted by molar-refractivity contribution is -0.181. The van der Waals surface area contributed by atoms with Crippen LogP contribution >= 0.6 is 11.6 Å². The maximum Gasteiger partial charge on any atom is 0.240 e. The maximum absolute atomic E-state index is 13.3. The molecule has 39 heavy (non-hydrogen) atoms. The Labute approximate surface area is 232 Å². The molecular weight excluding hydrogens is 514 g/mol. The number of nitrogens with zero attached hydrogens (tertiary/aromatic N) is 1. The summed E-state index contributed by atoms with van der Waals surface area (Å²) in [4.78, 5) is 22.5. The first-order valence-corrected chi connectivity index (χ1v) is 13.4. The van der Waals surface area contributed by atoms with E-state index in [-0.39, 0.29) is 19.1 Å². The molecular formula is C31H32ClN3O4. The van der Waals surface area contributed by atoms with E-state index in [1.807, 2.05) is 85.1 Å². The lowest BCUT2D eigenvalue weighted by Gasteiger charge is -2.24. The summed E-state index contributed by atoms with van der Waals surface area (Å²) in [5.74, 6) is -0.767. The molecule has 4 aromatic rings. The third kappa shape index (κ3) is 6.41. The molecule has 0 aliphatic carbocycles. The van der Waals surface area contributed by atoms with Crippen LogP contribution < -0.4 is 5.32 Å². The van der Waals surface area contributed by atoms with Crippen LogP contribution in [-0.2, 0) is 22.6 Å². The number of halogens is 1. The molecule has 1 aliphatic rings. The Morgan fingerprint density at radius 1 is 0.974 bits per heavy atom. The van der Waals surface area contributed by atoms with Gasteiger partial charge in [0.05, 0.1) is 19.8 Å². The van der Waals surface area contributed by atoms with E-state index in [0.717, 1.165) is 33.2 Å². The Hall–Kier alpha value is -3.46. The van der Waals surface area contributed by atoms with E-state index >= 15 is 0 Å². The minimum absolute atomic E-state index is 0.229. The van der Waals surface area contributed by atoms with Crippen LogP contribution in [0.4, 0.5) is 0 Å². The lowest BCUT2D eigenvalue weighted by atomic mass is 9.95. The summed E-state index contributed by atoms with van der Waals surface area (Å²) in [5.41, 5.74) is 5.22. The molecule has 1 aromatic heterocycles. The van der Waals surface area contributed by atoms with Gasteiger partial charge in [-0.15, -0.1) is 0 Å². The van der Waals surface area contributed by atoms with E-state index in [4.69, 9.17) is 16.4 Å². The Bertz CT molecular complexity index is 1420. The highest BCUT2D eigenvalue weighted by atomic mass is 35.5. The van der Waals surface area contributed by atoms with Gasteiger partial charge in [0.25, 0.3) is 0 Å². The molecule has 0 spiro atoms. The number of para-hydroxylation sites is 1. The number of hydrogen-bond donors (Lipinski definition) is 4. The number of hydrogen-bond acceptors (Lipinski definition) is 5. The second-order valence-electron chi connectivity index (χ2n) is 9.72. The van der Waals surface area contributed by atoms with Crippen molar-refractivity contribution in [3.8, 4) is 0 Å². The van der Waals surface area contributed by atoms with Crippen LogP contribution in [0.3, 0.4) is 0 Å². The molecule has 8 heteroatoms. The van der Waals surface area contributed by atoms with Gasteiger partial charge in [0.15, 0.2) is 0 Å². The first-order valence-electron chi connectivity index (χ1n) is 13.1. The van der Waals surface area contributed by atoms with E-state index in [9.17, 15) is 15.0 Å². The van der Waals surface area contributed by atoms with Gasteiger partial charge in [-0.3, -0.25) is 9.63 Å². The number of H-pyrrole nitrogens is 1. The first-order chi connectivity index (χ1) is 19.1. The average Bonchev–Trinajstić information content (AvgIpc) is 3.54. The second kappa shape index (κ2) is 12.6. The Kier molecular flexibility index (Phi) is 8.76. The summed E-state index contributed by atoms with van der Waals surface area (Å²) in [6, 6.07) is 22.9. The van der Waals surface area contributed by atoms with Crippen molar-refractivity contribution in [2.45, 2.75) is 25.1 Å². The highest BCUT2D eigenvalue weighted by Crippen LogP contribution is 2.29. The molecule has 2 heterocycles. The number of benzene rings is 3. The van der Waals surface area contributed by atoms with Gasteiger partial charge in [-0.05, 0) is 46.9 Å². The number of rotatable bonds is 10. The molecule has 1 fully saturated rings. The van der Waals surface area contributed by atoms with E-state index in [2.05, 4.69) is 16.4 Å². The number of amides is 1. The number of carbonyl (C=O) groups is 1. The normalized spacial score (nSPS) is 19.7. The summed E-state index contributed by atoms with van der Waals surface area (Å²) in [7, 11) is 0. The van der Waals surface area contributed by atoms with Gasteiger partial charge in [0.2, 0.25) is 5.91 Å². The predicted octanol–water partition coefficient (Wildman–Crippen LogP) is 4.44. The minimum Gasteiger partial charge on any atom is -0.396 e. The van der Waals surface area contributed by atoms with Gasteiger partial charge in [0, 0.05) is 34.6 Å². The number of carbonyl (C=O) groups excluding carboxylic acids is 1. The summed E-state index contributed by atoms with van der Waals surface area (Å²) in [6.45, 7) is 0.238. The molecule has 0 saturated carbocycles. The molecule has 202 valence electrons. The smallest absolute Gasteiger partial charge is 0.240 e. The first kappa shape index (κ1) is 27.1. The average molecular weight is 546 g/mol. The van der Waals surface area contributed by atoms with Gasteiger partial charge >= 0.3 is 0 Å². The van der Waals surface area contributed by atoms with Crippen LogP contribution in [0.5, 0.6) is 0 Å². The third-order valence-electron chi connectivity index (χ3n) is 7.15. The molecule has 0 bridgehead atoms. The van der Waals surface area contributed by atoms with Crippen LogP contribution in [-0.4, -0.2) is 58.1 Å². The maximum atomic E-state index is 13.3. The van der Waals surface area contributed by atoms with Crippen LogP contribution in [0, 0.1) is 5.92 Å². The molecule has 3 atom stereocenters. The van der Waals surface area contributed by atoms with Crippen molar-refractivity contribution >= 4 is 40.6 Å². The summed E-state index contributed by atoms with van der Waals surface area (Å²) in [6.07, 6.45) is 6.02. The lowest BCUT2D eigenvalue weighted by Crippen LogP contribution is -2.47. The van der Waals surface area contributed by atoms with Gasteiger partial charge < -0.3 is 20.5 Å². The number of aliphatic hydroxyl groups excluding tert-OH is 2. The highest BCUT2D eigenvalue weighted by Gasteiger charge is 2.46. The minimum atomic E-state index is -0.723.